The highest BCUT2D eigenvalue weighted by Crippen LogP contribution is 2.23. The third-order valence-corrected chi connectivity index (χ3v) is 5.00. The monoisotopic (exact) mass is 416 g/mol. The molecule has 6 heteroatoms. The van der Waals surface area contributed by atoms with Crippen molar-refractivity contribution in [2.45, 2.75) is 12.8 Å². The van der Waals surface area contributed by atoms with Gasteiger partial charge in [0.25, 0.3) is 0 Å². The molecule has 0 aromatic heterocycles. The highest BCUT2D eigenvalue weighted by atomic mass is 79.9. The summed E-state index contributed by atoms with van der Waals surface area (Å²) < 4.78 is 2.01. The van der Waals surface area contributed by atoms with E-state index in [2.05, 4.69) is 41.8 Å². The first kappa shape index (κ1) is 16.6. The molecule has 1 aliphatic heterocycles. The van der Waals surface area contributed by atoms with Crippen molar-refractivity contribution < 1.29 is 9.90 Å². The summed E-state index contributed by atoms with van der Waals surface area (Å²) in [5.74, 6) is -0.902. The molecule has 0 aliphatic carbocycles. The van der Waals surface area contributed by atoms with Crippen molar-refractivity contribution in [1.82, 2.24) is 4.90 Å². The Hall–Kier alpha value is -0.720. The first-order chi connectivity index (χ1) is 10.1. The lowest BCUT2D eigenvalue weighted by atomic mass is 9.98. The van der Waals surface area contributed by atoms with Gasteiger partial charge in [0.2, 0.25) is 0 Å². The summed E-state index contributed by atoms with van der Waals surface area (Å²) in [6, 6.07) is 5.92. The lowest BCUT2D eigenvalue weighted by molar-refractivity contribution is -0.143. The Morgan fingerprint density at radius 2 is 2.14 bits per heavy atom. The van der Waals surface area contributed by atoms with Crippen LogP contribution in [0.15, 0.2) is 32.1 Å². The van der Waals surface area contributed by atoms with Gasteiger partial charge >= 0.3 is 5.97 Å². The molecule has 21 heavy (non-hydrogen) atoms. The second-order valence-corrected chi connectivity index (χ2v) is 6.86. The number of hydrogen-bond acceptors (Lipinski definition) is 3. The molecule has 1 N–H and O–H groups in total. The van der Waals surface area contributed by atoms with Gasteiger partial charge in [-0.2, -0.15) is 0 Å². The van der Waals surface area contributed by atoms with Crippen LogP contribution in [0.2, 0.25) is 0 Å². The molecule has 1 unspecified atom stereocenters. The van der Waals surface area contributed by atoms with Crippen LogP contribution in [0.25, 0.3) is 0 Å². The maximum absolute atomic E-state index is 11.0. The molecule has 0 amide bonds. The highest BCUT2D eigenvalue weighted by Gasteiger charge is 2.24. The van der Waals surface area contributed by atoms with Crippen LogP contribution in [0, 0.1) is 5.92 Å². The van der Waals surface area contributed by atoms with Crippen molar-refractivity contribution in [3.8, 4) is 0 Å². The highest BCUT2D eigenvalue weighted by molar-refractivity contribution is 9.11. The fourth-order valence-corrected chi connectivity index (χ4v) is 3.65. The molecule has 0 radical (unpaired) electrons. The van der Waals surface area contributed by atoms with Gasteiger partial charge in [-0.25, -0.2) is 0 Å². The molecule has 1 atom stereocenters. The molecular formula is C15H18Br2N2O2. The molecule has 1 heterocycles. The van der Waals surface area contributed by atoms with Gasteiger partial charge in [0.05, 0.1) is 12.5 Å². The van der Waals surface area contributed by atoms with Crippen LogP contribution >= 0.6 is 31.9 Å². The maximum atomic E-state index is 11.0. The summed E-state index contributed by atoms with van der Waals surface area (Å²) in [5, 5.41) is 9.07. The van der Waals surface area contributed by atoms with E-state index in [0.717, 1.165) is 40.4 Å². The van der Waals surface area contributed by atoms with E-state index in [9.17, 15) is 4.79 Å². The van der Waals surface area contributed by atoms with E-state index in [1.807, 2.05) is 24.4 Å². The summed E-state index contributed by atoms with van der Waals surface area (Å²) in [6.07, 6.45) is 3.60. The SMILES string of the molecule is O=C(O)C1CCCN(CCN=Cc2c(Br)cccc2Br)C1. The van der Waals surface area contributed by atoms with Crippen LogP contribution in [0.4, 0.5) is 0 Å². The van der Waals surface area contributed by atoms with Crippen molar-refractivity contribution in [2.75, 3.05) is 26.2 Å². The van der Waals surface area contributed by atoms with Crippen molar-refractivity contribution in [3.63, 3.8) is 0 Å². The fraction of sp³-hybridized carbons (Fsp3) is 0.467. The number of aliphatic carboxylic acids is 1. The van der Waals surface area contributed by atoms with Gasteiger partial charge in [0.1, 0.15) is 0 Å². The number of likely N-dealkylation sites (tertiary alicyclic amines) is 1. The molecule has 1 fully saturated rings. The fourth-order valence-electron chi connectivity index (χ4n) is 2.45. The van der Waals surface area contributed by atoms with E-state index in [4.69, 9.17) is 5.11 Å². The van der Waals surface area contributed by atoms with Crippen molar-refractivity contribution in [3.05, 3.63) is 32.7 Å². The van der Waals surface area contributed by atoms with Crippen molar-refractivity contribution in [1.29, 1.82) is 0 Å². The molecule has 1 aromatic carbocycles. The number of carbonyl (C=O) groups is 1. The standard InChI is InChI=1S/C15H18Br2N2O2/c16-13-4-1-5-14(17)12(13)9-18-6-8-19-7-2-3-11(10-19)15(20)21/h1,4-5,9,11H,2-3,6-8,10H2,(H,20,21). The van der Waals surface area contributed by atoms with Gasteiger partial charge in [-0.15, -0.1) is 0 Å². The molecule has 114 valence electrons. The van der Waals surface area contributed by atoms with Crippen LogP contribution in [0.3, 0.4) is 0 Å². The summed E-state index contributed by atoms with van der Waals surface area (Å²) in [6.45, 7) is 3.10. The molecule has 1 aromatic rings. The quantitative estimate of drug-likeness (QED) is 0.746. The Morgan fingerprint density at radius 3 is 2.81 bits per heavy atom. The maximum Gasteiger partial charge on any atom is 0.307 e. The summed E-state index contributed by atoms with van der Waals surface area (Å²) in [7, 11) is 0. The van der Waals surface area contributed by atoms with E-state index in [-0.39, 0.29) is 5.92 Å². The first-order valence-corrected chi connectivity index (χ1v) is 8.55. The van der Waals surface area contributed by atoms with E-state index in [1.54, 1.807) is 0 Å². The lowest BCUT2D eigenvalue weighted by Crippen LogP contribution is -2.39. The predicted octanol–water partition coefficient (Wildman–Crippen LogP) is 3.43. The molecule has 2 rings (SSSR count). The number of aliphatic imine (C=N–C) groups is 1. The topological polar surface area (TPSA) is 52.9 Å². The zero-order valence-corrected chi connectivity index (χ0v) is 14.8. The predicted molar refractivity (Wildman–Crippen MR) is 91.1 cm³/mol. The number of piperidine rings is 1. The zero-order valence-electron chi connectivity index (χ0n) is 11.6. The van der Waals surface area contributed by atoms with Gasteiger partial charge < -0.3 is 10.0 Å². The van der Waals surface area contributed by atoms with Gasteiger partial charge in [0, 0.05) is 33.8 Å². The first-order valence-electron chi connectivity index (χ1n) is 6.97. The average molecular weight is 418 g/mol. The number of carboxylic acids is 1. The molecule has 0 bridgehead atoms. The molecule has 0 saturated carbocycles. The van der Waals surface area contributed by atoms with E-state index < -0.39 is 5.97 Å². The molecule has 1 aliphatic rings. The minimum atomic E-state index is -0.680. The Bertz CT molecular complexity index is 514. The molecule has 0 spiro atoms. The largest absolute Gasteiger partial charge is 0.481 e. The number of carboxylic acid groups (broad SMARTS) is 1. The number of benzene rings is 1. The second-order valence-electron chi connectivity index (χ2n) is 5.15. The van der Waals surface area contributed by atoms with E-state index in [0.29, 0.717) is 13.1 Å². The van der Waals surface area contributed by atoms with Crippen LogP contribution in [0.1, 0.15) is 18.4 Å². The second kappa shape index (κ2) is 8.06. The summed E-state index contributed by atoms with van der Waals surface area (Å²) in [5.41, 5.74) is 1.03. The van der Waals surface area contributed by atoms with E-state index >= 15 is 0 Å². The Labute approximate surface area is 141 Å². The Balaban J connectivity index is 1.84. The van der Waals surface area contributed by atoms with Gasteiger partial charge in [-0.1, -0.05) is 37.9 Å². The summed E-state index contributed by atoms with van der Waals surface area (Å²) in [4.78, 5) is 17.7. The molecule has 1 saturated heterocycles. The average Bonchev–Trinajstić information content (AvgIpc) is 2.46. The summed E-state index contributed by atoms with van der Waals surface area (Å²) >= 11 is 7.01. The number of rotatable bonds is 5. The van der Waals surface area contributed by atoms with Gasteiger partial charge in [-0.3, -0.25) is 9.79 Å². The third-order valence-electron chi connectivity index (χ3n) is 3.62. The third kappa shape index (κ3) is 4.90. The molecule has 4 nitrogen and oxygen atoms in total. The zero-order chi connectivity index (χ0) is 15.2. The van der Waals surface area contributed by atoms with Crippen LogP contribution in [-0.4, -0.2) is 48.4 Å². The lowest BCUT2D eigenvalue weighted by Gasteiger charge is -2.29. The minimum absolute atomic E-state index is 0.222. The number of halogens is 2. The van der Waals surface area contributed by atoms with Crippen molar-refractivity contribution >= 4 is 44.0 Å². The van der Waals surface area contributed by atoms with Crippen LogP contribution in [0.5, 0.6) is 0 Å². The number of hydrogen-bond donors (Lipinski definition) is 1. The Morgan fingerprint density at radius 1 is 1.43 bits per heavy atom. The van der Waals surface area contributed by atoms with Crippen LogP contribution in [-0.2, 0) is 4.79 Å². The van der Waals surface area contributed by atoms with Gasteiger partial charge in [0.15, 0.2) is 0 Å². The minimum Gasteiger partial charge on any atom is -0.481 e. The van der Waals surface area contributed by atoms with Crippen molar-refractivity contribution in [2.24, 2.45) is 10.9 Å². The molecular weight excluding hydrogens is 400 g/mol. The van der Waals surface area contributed by atoms with Crippen LogP contribution < -0.4 is 0 Å². The van der Waals surface area contributed by atoms with Gasteiger partial charge in [-0.05, 0) is 31.5 Å². The Kier molecular flexibility index (Phi) is 6.39. The normalized spacial score (nSPS) is 20.0. The smallest absolute Gasteiger partial charge is 0.307 e. The number of nitrogens with zero attached hydrogens (tertiary/aromatic N) is 2. The van der Waals surface area contributed by atoms with E-state index in [1.165, 1.54) is 0 Å².